The predicted molar refractivity (Wildman–Crippen MR) is 41.1 cm³/mol. The van der Waals surface area contributed by atoms with Gasteiger partial charge >= 0.3 is 0 Å². The minimum absolute atomic E-state index is 0. The van der Waals surface area contributed by atoms with Crippen molar-refractivity contribution in [2.24, 2.45) is 5.41 Å². The standard InChI is InChI=1S/C8H16.2N/c1-8(2)6-4-3-5-7-8;;/h3-7H2,1-2H3;;. The van der Waals surface area contributed by atoms with Crippen LogP contribution in [0.3, 0.4) is 0 Å². The molecule has 0 aromatic rings. The van der Waals surface area contributed by atoms with Crippen molar-refractivity contribution < 1.29 is 0 Å². The van der Waals surface area contributed by atoms with E-state index in [0.717, 1.165) is 0 Å². The van der Waals surface area contributed by atoms with Crippen molar-refractivity contribution in [2.75, 3.05) is 0 Å². The summed E-state index contributed by atoms with van der Waals surface area (Å²) in [5.41, 5.74) is 0.679. The first-order valence-electron chi connectivity index (χ1n) is 3.71. The van der Waals surface area contributed by atoms with Crippen molar-refractivity contribution >= 4 is 0 Å². The molecule has 10 heavy (non-hydrogen) atoms. The normalized spacial score (nSPS) is 22.2. The summed E-state index contributed by atoms with van der Waals surface area (Å²) in [6.07, 6.45) is 7.31. The summed E-state index contributed by atoms with van der Waals surface area (Å²) >= 11 is 0. The van der Waals surface area contributed by atoms with Gasteiger partial charge in [0, 0.05) is 12.3 Å². The molecule has 1 aliphatic carbocycles. The summed E-state index contributed by atoms with van der Waals surface area (Å²) in [6.45, 7) is 4.76. The second-order valence-corrected chi connectivity index (χ2v) is 3.72. The molecule has 0 spiro atoms. The SMILES string of the molecule is CC1(C)CCCCC1.[N].[N]. The molecule has 0 amide bonds. The highest BCUT2D eigenvalue weighted by molar-refractivity contribution is 4.72. The Labute approximate surface area is 64.6 Å². The number of hydrogen-bond donors (Lipinski definition) is 0. The van der Waals surface area contributed by atoms with E-state index in [2.05, 4.69) is 13.8 Å². The van der Waals surface area contributed by atoms with Gasteiger partial charge in [-0.3, -0.25) is 0 Å². The van der Waals surface area contributed by atoms with Gasteiger partial charge in [0.05, 0.1) is 0 Å². The van der Waals surface area contributed by atoms with Crippen molar-refractivity contribution in [1.29, 1.82) is 0 Å². The van der Waals surface area contributed by atoms with Gasteiger partial charge in [0.15, 0.2) is 0 Å². The Hall–Kier alpha value is -0.0800. The van der Waals surface area contributed by atoms with Crippen LogP contribution in [0, 0.1) is 5.41 Å². The van der Waals surface area contributed by atoms with Crippen LogP contribution < -0.4 is 12.3 Å². The maximum atomic E-state index is 2.38. The van der Waals surface area contributed by atoms with E-state index in [-0.39, 0.29) is 12.3 Å². The molecule has 58 valence electrons. The van der Waals surface area contributed by atoms with Crippen LogP contribution in [-0.4, -0.2) is 0 Å². The van der Waals surface area contributed by atoms with Crippen molar-refractivity contribution in [2.45, 2.75) is 46.0 Å². The fourth-order valence-corrected chi connectivity index (χ4v) is 1.51. The van der Waals surface area contributed by atoms with Gasteiger partial charge in [0.25, 0.3) is 0 Å². The molecule has 0 N–H and O–H groups in total. The van der Waals surface area contributed by atoms with Gasteiger partial charge in [0.1, 0.15) is 0 Å². The Morgan fingerprint density at radius 2 is 1.20 bits per heavy atom. The monoisotopic (exact) mass is 140 g/mol. The van der Waals surface area contributed by atoms with Crippen LogP contribution in [0.5, 0.6) is 0 Å². The summed E-state index contributed by atoms with van der Waals surface area (Å²) in [7, 11) is 0. The first kappa shape index (κ1) is 12.6. The lowest BCUT2D eigenvalue weighted by molar-refractivity contribution is 0.244. The van der Waals surface area contributed by atoms with Gasteiger partial charge in [-0.2, -0.15) is 0 Å². The lowest BCUT2D eigenvalue weighted by Gasteiger charge is -2.28. The highest BCUT2D eigenvalue weighted by Crippen LogP contribution is 2.34. The maximum absolute atomic E-state index is 2.38. The van der Waals surface area contributed by atoms with E-state index in [0.29, 0.717) is 5.41 Å². The predicted octanol–water partition coefficient (Wildman–Crippen LogP) is 2.02. The minimum Gasteiger partial charge on any atom is -0.0599 e. The molecule has 1 aliphatic rings. The summed E-state index contributed by atoms with van der Waals surface area (Å²) < 4.78 is 0. The molecule has 0 bridgehead atoms. The largest absolute Gasteiger partial charge is 0.0599 e. The van der Waals surface area contributed by atoms with Crippen LogP contribution in [0.1, 0.15) is 46.0 Å². The smallest absolute Gasteiger partial charge is 0 e. The van der Waals surface area contributed by atoms with E-state index in [9.17, 15) is 0 Å². The Morgan fingerprint density at radius 1 is 0.800 bits per heavy atom. The Balaban J connectivity index is 0. The molecule has 0 saturated heterocycles. The lowest BCUT2D eigenvalue weighted by Crippen LogP contribution is -2.14. The van der Waals surface area contributed by atoms with Gasteiger partial charge in [-0.25, -0.2) is 0 Å². The third-order valence-electron chi connectivity index (χ3n) is 2.21. The molecule has 0 unspecified atom stereocenters. The van der Waals surface area contributed by atoms with Crippen molar-refractivity contribution in [3.05, 3.63) is 0 Å². The van der Waals surface area contributed by atoms with Crippen molar-refractivity contribution in [3.63, 3.8) is 0 Å². The summed E-state index contributed by atoms with van der Waals surface area (Å²) in [5, 5.41) is 0. The van der Waals surface area contributed by atoms with E-state index in [1.54, 1.807) is 0 Å². The quantitative estimate of drug-likeness (QED) is 0.494. The van der Waals surface area contributed by atoms with Crippen molar-refractivity contribution in [1.82, 2.24) is 12.3 Å². The van der Waals surface area contributed by atoms with E-state index in [1.165, 1.54) is 32.1 Å². The second kappa shape index (κ2) is 4.69. The zero-order valence-electron chi connectivity index (χ0n) is 6.93. The highest BCUT2D eigenvalue weighted by Gasteiger charge is 2.19. The molecular weight excluding hydrogens is 124 g/mol. The van der Waals surface area contributed by atoms with E-state index in [4.69, 9.17) is 0 Å². The first-order valence-corrected chi connectivity index (χ1v) is 3.71. The molecule has 1 rings (SSSR count). The summed E-state index contributed by atoms with van der Waals surface area (Å²) in [4.78, 5) is 0. The average molecular weight is 140 g/mol. The summed E-state index contributed by atoms with van der Waals surface area (Å²) in [6, 6.07) is 0. The maximum Gasteiger partial charge on any atom is 0 e. The first-order chi connectivity index (χ1) is 3.71. The van der Waals surface area contributed by atoms with Crippen LogP contribution in [0.25, 0.3) is 0 Å². The fourth-order valence-electron chi connectivity index (χ4n) is 1.51. The molecule has 0 aliphatic heterocycles. The van der Waals surface area contributed by atoms with Crippen LogP contribution in [-0.2, 0) is 0 Å². The zero-order valence-corrected chi connectivity index (χ0v) is 6.93. The van der Waals surface area contributed by atoms with Gasteiger partial charge in [-0.05, 0) is 18.3 Å². The fraction of sp³-hybridized carbons (Fsp3) is 1.00. The molecule has 1 fully saturated rings. The van der Waals surface area contributed by atoms with Crippen LogP contribution in [0.2, 0.25) is 0 Å². The molecule has 2 heteroatoms. The van der Waals surface area contributed by atoms with Gasteiger partial charge in [-0.15, -0.1) is 0 Å². The highest BCUT2D eigenvalue weighted by atomic mass is 14.3. The van der Waals surface area contributed by atoms with E-state index in [1.807, 2.05) is 0 Å². The van der Waals surface area contributed by atoms with Gasteiger partial charge in [0.2, 0.25) is 0 Å². The number of nitrogens with zero attached hydrogens (tertiary/aromatic N) is 2. The molecule has 0 aromatic carbocycles. The van der Waals surface area contributed by atoms with Gasteiger partial charge < -0.3 is 0 Å². The van der Waals surface area contributed by atoms with Crippen molar-refractivity contribution in [3.8, 4) is 0 Å². The number of hydrogen-bond acceptors (Lipinski definition) is 0. The summed E-state index contributed by atoms with van der Waals surface area (Å²) in [5.74, 6) is 0. The Morgan fingerprint density at radius 3 is 1.40 bits per heavy atom. The zero-order chi connectivity index (χ0) is 6.04. The van der Waals surface area contributed by atoms with Crippen LogP contribution in [0.15, 0.2) is 0 Å². The molecule has 0 heterocycles. The molecule has 0 aromatic heterocycles. The molecule has 1 saturated carbocycles. The second-order valence-electron chi connectivity index (χ2n) is 3.72. The minimum atomic E-state index is 0. The molecular formula is C8H16N2. The van der Waals surface area contributed by atoms with Crippen LogP contribution in [0.4, 0.5) is 0 Å². The molecule has 0 atom stereocenters. The third kappa shape index (κ3) is 3.85. The third-order valence-corrected chi connectivity index (χ3v) is 2.21. The lowest BCUT2D eigenvalue weighted by atomic mass is 9.78. The van der Waals surface area contributed by atoms with E-state index < -0.39 is 0 Å². The topological polar surface area (TPSA) is 61.0 Å². The molecule has 2 nitrogen and oxygen atoms in total. The van der Waals surface area contributed by atoms with Gasteiger partial charge in [-0.1, -0.05) is 33.1 Å². The van der Waals surface area contributed by atoms with Crippen LogP contribution >= 0.6 is 0 Å². The Kier molecular flexibility index (Phi) is 5.90. The van der Waals surface area contributed by atoms with E-state index >= 15 is 0 Å². The number of rotatable bonds is 0. The average Bonchev–Trinajstić information content (AvgIpc) is 1.65. The molecule has 6 radical (unpaired) electrons. The Bertz CT molecular complexity index is 71.3.